The zero-order chi connectivity index (χ0) is 19.8. The molecule has 0 fully saturated rings. The zero-order valence-corrected chi connectivity index (χ0v) is 16.9. The lowest BCUT2D eigenvalue weighted by atomic mass is 9.86. The SMILES string of the molecule is Cc1ccc(C)c(-n2nc(C(c3ccccc3)c3ccccc3)c3c2NCC3)c1. The molecule has 3 aromatic carbocycles. The van der Waals surface area contributed by atoms with E-state index in [1.54, 1.807) is 0 Å². The summed E-state index contributed by atoms with van der Waals surface area (Å²) in [6.07, 6.45) is 1.01. The lowest BCUT2D eigenvalue weighted by Crippen LogP contribution is -2.10. The number of hydrogen-bond acceptors (Lipinski definition) is 2. The summed E-state index contributed by atoms with van der Waals surface area (Å²) in [5.41, 5.74) is 8.68. The second-order valence-corrected chi connectivity index (χ2v) is 7.85. The molecule has 0 saturated heterocycles. The van der Waals surface area contributed by atoms with Crippen LogP contribution in [0.2, 0.25) is 0 Å². The summed E-state index contributed by atoms with van der Waals surface area (Å²) in [6, 6.07) is 28.0. The molecular weight excluding hydrogens is 354 g/mol. The van der Waals surface area contributed by atoms with Crippen LogP contribution in [0.1, 0.15) is 39.4 Å². The highest BCUT2D eigenvalue weighted by molar-refractivity contribution is 5.61. The lowest BCUT2D eigenvalue weighted by molar-refractivity contribution is 0.799. The quantitative estimate of drug-likeness (QED) is 0.497. The molecule has 3 heteroatoms. The molecule has 0 radical (unpaired) electrons. The first-order valence-electron chi connectivity index (χ1n) is 10.3. The van der Waals surface area contributed by atoms with Crippen molar-refractivity contribution in [2.75, 3.05) is 11.9 Å². The topological polar surface area (TPSA) is 29.9 Å². The lowest BCUT2D eigenvalue weighted by Gasteiger charge is -2.17. The van der Waals surface area contributed by atoms with Crippen LogP contribution in [0.4, 0.5) is 5.82 Å². The Morgan fingerprint density at radius 2 is 1.52 bits per heavy atom. The summed E-state index contributed by atoms with van der Waals surface area (Å²) >= 11 is 0. The summed E-state index contributed by atoms with van der Waals surface area (Å²) in [7, 11) is 0. The van der Waals surface area contributed by atoms with E-state index in [2.05, 4.69) is 103 Å². The standard InChI is InChI=1S/C26H25N3/c1-18-13-14-19(2)23(17-18)29-26-22(15-16-27-26)25(28-29)24(20-9-5-3-6-10-20)21-11-7-4-8-12-21/h3-14,17,24,27H,15-16H2,1-2H3. The molecule has 0 aliphatic carbocycles. The first-order valence-corrected chi connectivity index (χ1v) is 10.3. The van der Waals surface area contributed by atoms with Crippen LogP contribution in [0.5, 0.6) is 0 Å². The molecule has 29 heavy (non-hydrogen) atoms. The van der Waals surface area contributed by atoms with Gasteiger partial charge in [0.1, 0.15) is 5.82 Å². The Morgan fingerprint density at radius 1 is 0.862 bits per heavy atom. The average molecular weight is 380 g/mol. The second kappa shape index (κ2) is 7.25. The van der Waals surface area contributed by atoms with Crippen molar-refractivity contribution in [1.82, 2.24) is 9.78 Å². The highest BCUT2D eigenvalue weighted by Gasteiger charge is 2.30. The van der Waals surface area contributed by atoms with E-state index in [1.165, 1.54) is 27.8 Å². The first-order chi connectivity index (χ1) is 14.2. The Labute approximate surface area is 172 Å². The molecule has 1 aliphatic rings. The van der Waals surface area contributed by atoms with Crippen molar-refractivity contribution < 1.29 is 0 Å². The van der Waals surface area contributed by atoms with Crippen LogP contribution in [0.25, 0.3) is 5.69 Å². The van der Waals surface area contributed by atoms with Crippen LogP contribution in [-0.2, 0) is 6.42 Å². The van der Waals surface area contributed by atoms with Gasteiger partial charge < -0.3 is 5.32 Å². The minimum absolute atomic E-state index is 0.123. The van der Waals surface area contributed by atoms with E-state index in [0.29, 0.717) is 0 Å². The number of benzene rings is 3. The molecule has 144 valence electrons. The minimum Gasteiger partial charge on any atom is -0.369 e. The largest absolute Gasteiger partial charge is 0.369 e. The van der Waals surface area contributed by atoms with Crippen molar-refractivity contribution in [2.45, 2.75) is 26.2 Å². The monoisotopic (exact) mass is 379 g/mol. The van der Waals surface area contributed by atoms with Gasteiger partial charge in [0.25, 0.3) is 0 Å². The van der Waals surface area contributed by atoms with E-state index in [-0.39, 0.29) is 5.92 Å². The third-order valence-electron chi connectivity index (χ3n) is 5.81. The van der Waals surface area contributed by atoms with Gasteiger partial charge in [-0.15, -0.1) is 0 Å². The number of aryl methyl sites for hydroxylation is 2. The van der Waals surface area contributed by atoms with E-state index in [0.717, 1.165) is 30.2 Å². The van der Waals surface area contributed by atoms with Crippen molar-refractivity contribution in [3.8, 4) is 5.69 Å². The Hall–Kier alpha value is -3.33. The Balaban J connectivity index is 1.73. The summed E-state index contributed by atoms with van der Waals surface area (Å²) in [5, 5.41) is 8.80. The normalized spacial score (nSPS) is 12.8. The van der Waals surface area contributed by atoms with Crippen molar-refractivity contribution in [1.29, 1.82) is 0 Å². The number of aromatic nitrogens is 2. The van der Waals surface area contributed by atoms with Gasteiger partial charge in [0.2, 0.25) is 0 Å². The molecule has 5 rings (SSSR count). The smallest absolute Gasteiger partial charge is 0.133 e. The van der Waals surface area contributed by atoms with Crippen LogP contribution in [-0.4, -0.2) is 16.3 Å². The van der Waals surface area contributed by atoms with Gasteiger partial charge in [-0.1, -0.05) is 72.8 Å². The van der Waals surface area contributed by atoms with Crippen LogP contribution >= 0.6 is 0 Å². The number of rotatable bonds is 4. The molecule has 1 N–H and O–H groups in total. The Kier molecular flexibility index (Phi) is 4.44. The number of nitrogens with zero attached hydrogens (tertiary/aromatic N) is 2. The number of nitrogens with one attached hydrogen (secondary N) is 1. The molecule has 0 atom stereocenters. The molecule has 1 aliphatic heterocycles. The predicted octanol–water partition coefficient (Wildman–Crippen LogP) is 5.64. The van der Waals surface area contributed by atoms with Crippen molar-refractivity contribution in [2.24, 2.45) is 0 Å². The molecule has 0 amide bonds. The molecular formula is C26H25N3. The fraction of sp³-hybridized carbons (Fsp3) is 0.192. The van der Waals surface area contributed by atoms with E-state index >= 15 is 0 Å². The maximum absolute atomic E-state index is 5.21. The van der Waals surface area contributed by atoms with Crippen LogP contribution in [0.15, 0.2) is 78.9 Å². The van der Waals surface area contributed by atoms with Gasteiger partial charge in [-0.3, -0.25) is 0 Å². The van der Waals surface area contributed by atoms with Crippen molar-refractivity contribution in [3.05, 3.63) is 112 Å². The number of fused-ring (bicyclic) bond motifs is 1. The summed E-state index contributed by atoms with van der Waals surface area (Å²) < 4.78 is 2.12. The van der Waals surface area contributed by atoms with E-state index < -0.39 is 0 Å². The summed E-state index contributed by atoms with van der Waals surface area (Å²) in [5.74, 6) is 1.27. The summed E-state index contributed by atoms with van der Waals surface area (Å²) in [6.45, 7) is 5.25. The van der Waals surface area contributed by atoms with Crippen molar-refractivity contribution in [3.63, 3.8) is 0 Å². The number of hydrogen-bond donors (Lipinski definition) is 1. The van der Waals surface area contributed by atoms with Gasteiger partial charge in [0.15, 0.2) is 0 Å². The van der Waals surface area contributed by atoms with Crippen LogP contribution < -0.4 is 5.32 Å². The summed E-state index contributed by atoms with van der Waals surface area (Å²) in [4.78, 5) is 0. The molecule has 2 heterocycles. The molecule has 0 spiro atoms. The number of anilines is 1. The molecule has 1 aromatic heterocycles. The highest BCUT2D eigenvalue weighted by Crippen LogP contribution is 2.39. The fourth-order valence-electron chi connectivity index (χ4n) is 4.35. The first kappa shape index (κ1) is 17.7. The maximum atomic E-state index is 5.21. The highest BCUT2D eigenvalue weighted by atomic mass is 15.3. The van der Waals surface area contributed by atoms with Gasteiger partial charge in [0.05, 0.1) is 17.3 Å². The van der Waals surface area contributed by atoms with Gasteiger partial charge in [-0.2, -0.15) is 5.10 Å². The molecule has 0 bridgehead atoms. The third-order valence-corrected chi connectivity index (χ3v) is 5.81. The van der Waals surface area contributed by atoms with Crippen LogP contribution in [0.3, 0.4) is 0 Å². The maximum Gasteiger partial charge on any atom is 0.133 e. The zero-order valence-electron chi connectivity index (χ0n) is 16.9. The molecule has 4 aromatic rings. The fourth-order valence-corrected chi connectivity index (χ4v) is 4.35. The predicted molar refractivity (Wildman–Crippen MR) is 119 cm³/mol. The van der Waals surface area contributed by atoms with Crippen LogP contribution in [0, 0.1) is 13.8 Å². The minimum atomic E-state index is 0.123. The average Bonchev–Trinajstić information content (AvgIpc) is 3.36. The van der Waals surface area contributed by atoms with E-state index in [9.17, 15) is 0 Å². The second-order valence-electron chi connectivity index (χ2n) is 7.85. The Morgan fingerprint density at radius 3 is 2.17 bits per heavy atom. The molecule has 0 unspecified atom stereocenters. The van der Waals surface area contributed by atoms with Gasteiger partial charge in [-0.05, 0) is 48.6 Å². The molecule has 0 saturated carbocycles. The van der Waals surface area contributed by atoms with Gasteiger partial charge in [0, 0.05) is 12.1 Å². The van der Waals surface area contributed by atoms with E-state index in [1.807, 2.05) is 0 Å². The van der Waals surface area contributed by atoms with Crippen molar-refractivity contribution >= 4 is 5.82 Å². The van der Waals surface area contributed by atoms with E-state index in [4.69, 9.17) is 5.10 Å². The Bertz CT molecular complexity index is 1100. The molecule has 3 nitrogen and oxygen atoms in total. The third kappa shape index (κ3) is 3.13. The van der Waals surface area contributed by atoms with Gasteiger partial charge >= 0.3 is 0 Å². The van der Waals surface area contributed by atoms with Gasteiger partial charge in [-0.25, -0.2) is 4.68 Å².